The Labute approximate surface area is 103 Å². The number of pyridine rings is 1. The molecule has 4 nitrogen and oxygen atoms in total. The second-order valence-corrected chi connectivity index (χ2v) is 3.81. The summed E-state index contributed by atoms with van der Waals surface area (Å²) in [6.45, 7) is 4.89. The summed E-state index contributed by atoms with van der Waals surface area (Å²) in [6, 6.07) is 5.79. The Hall–Kier alpha value is -1.13. The van der Waals surface area contributed by atoms with Crippen molar-refractivity contribution in [2.45, 2.75) is 26.3 Å². The summed E-state index contributed by atoms with van der Waals surface area (Å²) in [5.41, 5.74) is 0.983. The fourth-order valence-corrected chi connectivity index (χ4v) is 1.37. The van der Waals surface area contributed by atoms with E-state index >= 15 is 0 Å². The van der Waals surface area contributed by atoms with Gasteiger partial charge in [-0.2, -0.15) is 0 Å². The maximum absolute atomic E-state index is 5.51. The molecule has 0 fully saturated rings. The second kappa shape index (κ2) is 8.96. The van der Waals surface area contributed by atoms with Gasteiger partial charge in [0.2, 0.25) is 5.88 Å². The Morgan fingerprint density at radius 2 is 2.12 bits per heavy atom. The third kappa shape index (κ3) is 6.24. The van der Waals surface area contributed by atoms with E-state index in [1.54, 1.807) is 0 Å². The first-order valence-electron chi connectivity index (χ1n) is 6.18. The van der Waals surface area contributed by atoms with Crippen LogP contribution in [-0.2, 0) is 11.3 Å². The number of aromatic nitrogens is 1. The van der Waals surface area contributed by atoms with E-state index in [0.717, 1.165) is 31.7 Å². The molecule has 0 aliphatic heterocycles. The summed E-state index contributed by atoms with van der Waals surface area (Å²) in [4.78, 5) is 4.36. The van der Waals surface area contributed by atoms with E-state index in [9.17, 15) is 0 Å². The molecule has 0 aromatic carbocycles. The van der Waals surface area contributed by atoms with Crippen LogP contribution in [0.5, 0.6) is 5.88 Å². The number of rotatable bonds is 9. The average molecular weight is 238 g/mol. The highest BCUT2D eigenvalue weighted by molar-refractivity contribution is 5.15. The Morgan fingerprint density at radius 3 is 2.88 bits per heavy atom. The van der Waals surface area contributed by atoms with Gasteiger partial charge in [0.15, 0.2) is 0 Å². The van der Waals surface area contributed by atoms with E-state index < -0.39 is 0 Å². The van der Waals surface area contributed by atoms with Crippen LogP contribution in [0.25, 0.3) is 0 Å². The molecular weight excluding hydrogens is 216 g/mol. The first-order chi connectivity index (χ1) is 8.36. The Kier molecular flexibility index (Phi) is 7.34. The van der Waals surface area contributed by atoms with E-state index in [4.69, 9.17) is 9.47 Å². The van der Waals surface area contributed by atoms with E-state index in [1.165, 1.54) is 0 Å². The molecule has 0 unspecified atom stereocenters. The Balaban J connectivity index is 2.19. The smallest absolute Gasteiger partial charge is 0.213 e. The third-order valence-electron chi connectivity index (χ3n) is 2.26. The number of unbranched alkanes of at least 4 members (excludes halogenated alkanes) is 1. The molecule has 96 valence electrons. The summed E-state index contributed by atoms with van der Waals surface area (Å²) < 4.78 is 10.9. The molecule has 0 spiro atoms. The van der Waals surface area contributed by atoms with Gasteiger partial charge < -0.3 is 14.8 Å². The minimum atomic E-state index is 0.555. The largest absolute Gasteiger partial charge is 0.475 e. The molecular formula is C13H22N2O2. The van der Waals surface area contributed by atoms with E-state index in [0.29, 0.717) is 19.1 Å². The van der Waals surface area contributed by atoms with Gasteiger partial charge in [-0.25, -0.2) is 4.98 Å². The standard InChI is InChI=1S/C13H22N2O2/c1-3-4-8-16-9-10-17-13-7-5-6-12(15-13)11-14-2/h5-7,14H,3-4,8-11H2,1-2H3. The van der Waals surface area contributed by atoms with Crippen LogP contribution in [-0.4, -0.2) is 31.9 Å². The van der Waals surface area contributed by atoms with Gasteiger partial charge in [0.1, 0.15) is 6.61 Å². The molecule has 1 heterocycles. The number of hydrogen-bond donors (Lipinski definition) is 1. The van der Waals surface area contributed by atoms with Gasteiger partial charge in [-0.05, 0) is 19.5 Å². The average Bonchev–Trinajstić information content (AvgIpc) is 2.35. The topological polar surface area (TPSA) is 43.4 Å². The summed E-state index contributed by atoms with van der Waals surface area (Å²) in [5, 5.41) is 3.06. The van der Waals surface area contributed by atoms with Crippen LogP contribution in [0.3, 0.4) is 0 Å². The summed E-state index contributed by atoms with van der Waals surface area (Å²) >= 11 is 0. The molecule has 0 aliphatic rings. The maximum Gasteiger partial charge on any atom is 0.213 e. The zero-order valence-corrected chi connectivity index (χ0v) is 10.7. The number of ether oxygens (including phenoxy) is 2. The van der Waals surface area contributed by atoms with Crippen molar-refractivity contribution in [3.05, 3.63) is 23.9 Å². The lowest BCUT2D eigenvalue weighted by Gasteiger charge is -2.07. The SMILES string of the molecule is CCCCOCCOc1cccc(CNC)n1. The van der Waals surface area contributed by atoms with Gasteiger partial charge in [-0.1, -0.05) is 19.4 Å². The van der Waals surface area contributed by atoms with Crippen LogP contribution >= 0.6 is 0 Å². The van der Waals surface area contributed by atoms with Crippen LogP contribution in [0.4, 0.5) is 0 Å². The lowest BCUT2D eigenvalue weighted by molar-refractivity contribution is 0.0964. The van der Waals surface area contributed by atoms with Crippen LogP contribution in [0.2, 0.25) is 0 Å². The zero-order chi connectivity index (χ0) is 12.3. The second-order valence-electron chi connectivity index (χ2n) is 3.81. The lowest BCUT2D eigenvalue weighted by Crippen LogP contribution is -2.10. The lowest BCUT2D eigenvalue weighted by atomic mass is 10.3. The predicted octanol–water partition coefficient (Wildman–Crippen LogP) is 2.00. The highest BCUT2D eigenvalue weighted by Crippen LogP contribution is 2.07. The Morgan fingerprint density at radius 1 is 1.24 bits per heavy atom. The minimum Gasteiger partial charge on any atom is -0.475 e. The Bertz CT molecular complexity index is 305. The monoisotopic (exact) mass is 238 g/mol. The highest BCUT2D eigenvalue weighted by atomic mass is 16.5. The molecule has 1 N–H and O–H groups in total. The first kappa shape index (κ1) is 13.9. The van der Waals surface area contributed by atoms with Crippen molar-refractivity contribution >= 4 is 0 Å². The van der Waals surface area contributed by atoms with E-state index in [1.807, 2.05) is 25.2 Å². The van der Waals surface area contributed by atoms with Crippen LogP contribution in [0.15, 0.2) is 18.2 Å². The predicted molar refractivity (Wildman–Crippen MR) is 68.2 cm³/mol. The molecule has 0 aliphatic carbocycles. The number of nitrogens with zero attached hydrogens (tertiary/aromatic N) is 1. The molecule has 0 radical (unpaired) electrons. The van der Waals surface area contributed by atoms with Crippen molar-refractivity contribution in [1.29, 1.82) is 0 Å². The van der Waals surface area contributed by atoms with Crippen molar-refractivity contribution in [3.63, 3.8) is 0 Å². The van der Waals surface area contributed by atoms with Gasteiger partial charge >= 0.3 is 0 Å². The molecule has 0 saturated carbocycles. The van der Waals surface area contributed by atoms with Gasteiger partial charge in [0.25, 0.3) is 0 Å². The van der Waals surface area contributed by atoms with Crippen molar-refractivity contribution in [1.82, 2.24) is 10.3 Å². The van der Waals surface area contributed by atoms with Gasteiger partial charge in [0.05, 0.1) is 12.3 Å². The van der Waals surface area contributed by atoms with E-state index in [2.05, 4.69) is 17.2 Å². The third-order valence-corrected chi connectivity index (χ3v) is 2.26. The molecule has 1 aromatic heterocycles. The number of nitrogens with one attached hydrogen (secondary N) is 1. The number of hydrogen-bond acceptors (Lipinski definition) is 4. The quantitative estimate of drug-likeness (QED) is 0.668. The molecule has 0 bridgehead atoms. The summed E-state index contributed by atoms with van der Waals surface area (Å²) in [6.07, 6.45) is 2.27. The summed E-state index contributed by atoms with van der Waals surface area (Å²) in [7, 11) is 1.90. The molecule has 4 heteroatoms. The molecule has 0 saturated heterocycles. The van der Waals surface area contributed by atoms with Crippen LogP contribution < -0.4 is 10.1 Å². The van der Waals surface area contributed by atoms with Crippen molar-refractivity contribution in [2.75, 3.05) is 26.9 Å². The van der Waals surface area contributed by atoms with Crippen molar-refractivity contribution in [3.8, 4) is 5.88 Å². The normalized spacial score (nSPS) is 10.5. The molecule has 0 amide bonds. The van der Waals surface area contributed by atoms with Gasteiger partial charge in [-0.3, -0.25) is 0 Å². The fraction of sp³-hybridized carbons (Fsp3) is 0.615. The minimum absolute atomic E-state index is 0.555. The highest BCUT2D eigenvalue weighted by Gasteiger charge is 1.97. The fourth-order valence-electron chi connectivity index (χ4n) is 1.37. The molecule has 1 rings (SSSR count). The van der Waals surface area contributed by atoms with Crippen molar-refractivity contribution in [2.24, 2.45) is 0 Å². The van der Waals surface area contributed by atoms with Crippen LogP contribution in [0, 0.1) is 0 Å². The molecule has 0 atom stereocenters. The van der Waals surface area contributed by atoms with Gasteiger partial charge in [0, 0.05) is 19.2 Å². The van der Waals surface area contributed by atoms with E-state index in [-0.39, 0.29) is 0 Å². The van der Waals surface area contributed by atoms with Gasteiger partial charge in [-0.15, -0.1) is 0 Å². The maximum atomic E-state index is 5.51. The zero-order valence-electron chi connectivity index (χ0n) is 10.7. The first-order valence-corrected chi connectivity index (χ1v) is 6.18. The van der Waals surface area contributed by atoms with Crippen molar-refractivity contribution < 1.29 is 9.47 Å². The molecule has 17 heavy (non-hydrogen) atoms. The van der Waals surface area contributed by atoms with Crippen LogP contribution in [0.1, 0.15) is 25.5 Å². The molecule has 1 aromatic rings. The summed E-state index contributed by atoms with van der Waals surface area (Å²) in [5.74, 6) is 0.664.